The highest BCUT2D eigenvalue weighted by molar-refractivity contribution is 7.16. The van der Waals surface area contributed by atoms with Gasteiger partial charge in [-0.15, -0.1) is 22.7 Å². The van der Waals surface area contributed by atoms with Crippen molar-refractivity contribution in [2.45, 2.75) is 19.8 Å². The summed E-state index contributed by atoms with van der Waals surface area (Å²) in [4.78, 5) is 17.1. The van der Waals surface area contributed by atoms with Gasteiger partial charge in [-0.1, -0.05) is 6.92 Å². The van der Waals surface area contributed by atoms with Crippen LogP contribution in [-0.4, -0.2) is 16.1 Å². The predicted molar refractivity (Wildman–Crippen MR) is 83.8 cm³/mol. The summed E-state index contributed by atoms with van der Waals surface area (Å²) in [6.07, 6.45) is 0.918. The van der Waals surface area contributed by atoms with Crippen molar-refractivity contribution < 1.29 is 14.3 Å². The van der Waals surface area contributed by atoms with Crippen molar-refractivity contribution in [3.05, 3.63) is 40.3 Å². The van der Waals surface area contributed by atoms with Crippen LogP contribution in [0.4, 0.5) is 0 Å². The minimum atomic E-state index is -0.815. The van der Waals surface area contributed by atoms with E-state index in [2.05, 4.69) is 4.98 Å². The number of thiophene rings is 1. The third kappa shape index (κ3) is 3.06. The zero-order valence-corrected chi connectivity index (χ0v) is 13.0. The summed E-state index contributed by atoms with van der Waals surface area (Å²) in [6.45, 7) is 2.05. The average Bonchev–Trinajstić information content (AvgIpc) is 3.17. The topological polar surface area (TPSA) is 63.3 Å². The Morgan fingerprint density at radius 2 is 2.19 bits per heavy atom. The molecule has 3 rings (SSSR count). The van der Waals surface area contributed by atoms with Gasteiger partial charge >= 0.3 is 5.97 Å². The molecule has 0 aromatic carbocycles. The number of thiazole rings is 1. The highest BCUT2D eigenvalue weighted by Crippen LogP contribution is 2.33. The third-order valence-corrected chi connectivity index (χ3v) is 4.93. The number of nitrogens with zero attached hydrogens (tertiary/aromatic N) is 1. The van der Waals surface area contributed by atoms with Gasteiger partial charge in [0.15, 0.2) is 10.8 Å². The van der Waals surface area contributed by atoms with Crippen LogP contribution < -0.4 is 0 Å². The lowest BCUT2D eigenvalue weighted by Gasteiger charge is -1.91. The molecule has 0 atom stereocenters. The van der Waals surface area contributed by atoms with E-state index in [1.54, 1.807) is 0 Å². The van der Waals surface area contributed by atoms with Gasteiger partial charge < -0.3 is 9.52 Å². The highest BCUT2D eigenvalue weighted by atomic mass is 32.1. The summed E-state index contributed by atoms with van der Waals surface area (Å²) in [6, 6.07) is 7.66. The molecule has 0 unspecified atom stereocenters. The lowest BCUT2D eigenvalue weighted by Crippen LogP contribution is -1.96. The van der Waals surface area contributed by atoms with Crippen LogP contribution >= 0.6 is 22.7 Å². The quantitative estimate of drug-likeness (QED) is 0.760. The average molecular weight is 319 g/mol. The first-order valence-electron chi connectivity index (χ1n) is 6.51. The molecule has 108 valence electrons. The van der Waals surface area contributed by atoms with Crippen LogP contribution in [0.1, 0.15) is 17.6 Å². The largest absolute Gasteiger partial charge is 0.481 e. The minimum absolute atomic E-state index is 0.0553. The van der Waals surface area contributed by atoms with Crippen molar-refractivity contribution in [3.8, 4) is 21.3 Å². The molecule has 0 fully saturated rings. The summed E-state index contributed by atoms with van der Waals surface area (Å²) in [5.41, 5.74) is 0.867. The first-order valence-corrected chi connectivity index (χ1v) is 8.21. The van der Waals surface area contributed by atoms with Crippen LogP contribution in [0.25, 0.3) is 21.3 Å². The molecule has 4 nitrogen and oxygen atoms in total. The number of hydrogen-bond donors (Lipinski definition) is 1. The fourth-order valence-electron chi connectivity index (χ4n) is 1.94. The van der Waals surface area contributed by atoms with Gasteiger partial charge in [0, 0.05) is 16.7 Å². The number of aliphatic carboxylic acids is 1. The molecule has 0 amide bonds. The van der Waals surface area contributed by atoms with E-state index in [1.165, 1.54) is 22.7 Å². The second-order valence-electron chi connectivity index (χ2n) is 4.49. The molecule has 3 aromatic rings. The van der Waals surface area contributed by atoms with Crippen molar-refractivity contribution in [2.24, 2.45) is 0 Å². The van der Waals surface area contributed by atoms with Gasteiger partial charge in [0.2, 0.25) is 0 Å². The van der Waals surface area contributed by atoms with Gasteiger partial charge in [-0.05, 0) is 24.3 Å². The Kier molecular flexibility index (Phi) is 3.90. The predicted octanol–water partition coefficient (Wildman–Crippen LogP) is 4.32. The summed E-state index contributed by atoms with van der Waals surface area (Å²) < 4.78 is 5.70. The lowest BCUT2D eigenvalue weighted by atomic mass is 10.3. The summed E-state index contributed by atoms with van der Waals surface area (Å²) in [7, 11) is 0. The number of aryl methyl sites for hydroxylation is 1. The highest BCUT2D eigenvalue weighted by Gasteiger charge is 2.12. The maximum atomic E-state index is 10.7. The van der Waals surface area contributed by atoms with E-state index in [1.807, 2.05) is 36.6 Å². The molecule has 0 radical (unpaired) electrons. The summed E-state index contributed by atoms with van der Waals surface area (Å²) in [5, 5.41) is 11.6. The second-order valence-corrected chi connectivity index (χ2v) is 6.52. The smallest absolute Gasteiger partial charge is 0.308 e. The molecule has 0 spiro atoms. The zero-order chi connectivity index (χ0) is 14.8. The Hall–Kier alpha value is -1.92. The zero-order valence-electron chi connectivity index (χ0n) is 11.3. The minimum Gasteiger partial charge on any atom is -0.481 e. The van der Waals surface area contributed by atoms with Gasteiger partial charge in [-0.3, -0.25) is 4.79 Å². The fourth-order valence-corrected chi connectivity index (χ4v) is 3.76. The number of aromatic nitrogens is 1. The first-order chi connectivity index (χ1) is 10.2. The maximum absolute atomic E-state index is 10.7. The van der Waals surface area contributed by atoms with Crippen molar-refractivity contribution in [1.82, 2.24) is 4.98 Å². The molecule has 3 heterocycles. The fraction of sp³-hybridized carbons (Fsp3) is 0.200. The Bertz CT molecular complexity index is 769. The molecule has 6 heteroatoms. The lowest BCUT2D eigenvalue weighted by molar-refractivity contribution is -0.136. The molecule has 0 saturated heterocycles. The first kappa shape index (κ1) is 14.0. The van der Waals surface area contributed by atoms with Gasteiger partial charge in [0.25, 0.3) is 0 Å². The number of furan rings is 1. The van der Waals surface area contributed by atoms with Crippen molar-refractivity contribution in [3.63, 3.8) is 0 Å². The van der Waals surface area contributed by atoms with Crippen LogP contribution in [0.2, 0.25) is 0 Å². The van der Waals surface area contributed by atoms with Gasteiger partial charge in [-0.2, -0.15) is 0 Å². The van der Waals surface area contributed by atoms with Crippen LogP contribution in [0.15, 0.2) is 34.1 Å². The number of hydrogen-bond acceptors (Lipinski definition) is 5. The van der Waals surface area contributed by atoms with E-state index in [0.717, 1.165) is 38.4 Å². The molecule has 0 aliphatic heterocycles. The second kappa shape index (κ2) is 5.83. The van der Waals surface area contributed by atoms with Gasteiger partial charge in [0.1, 0.15) is 5.76 Å². The van der Waals surface area contributed by atoms with Crippen LogP contribution in [0.3, 0.4) is 0 Å². The molecular formula is C15H13NO3S2. The molecule has 0 saturated carbocycles. The van der Waals surface area contributed by atoms with E-state index >= 15 is 0 Å². The number of carboxylic acids is 1. The van der Waals surface area contributed by atoms with E-state index in [0.29, 0.717) is 0 Å². The van der Waals surface area contributed by atoms with E-state index < -0.39 is 5.97 Å². The summed E-state index contributed by atoms with van der Waals surface area (Å²) >= 11 is 3.00. The van der Waals surface area contributed by atoms with Crippen molar-refractivity contribution >= 4 is 28.6 Å². The standard InChI is InChI=1S/C15H13NO3S2/c1-2-9-3-5-12(19-9)15-16-11(8-20-15)13-6-4-10(21-13)7-14(17)18/h3-6,8H,2,7H2,1H3,(H,17,18). The number of carboxylic acid groups (broad SMARTS) is 1. The molecule has 0 bridgehead atoms. The Balaban J connectivity index is 1.84. The molecule has 3 aromatic heterocycles. The van der Waals surface area contributed by atoms with Crippen LogP contribution in [-0.2, 0) is 17.6 Å². The SMILES string of the molecule is CCc1ccc(-c2nc(-c3ccc(CC(=O)O)s3)cs2)o1. The molecule has 0 aliphatic rings. The Labute approximate surface area is 129 Å². The normalized spacial score (nSPS) is 10.9. The van der Waals surface area contributed by atoms with Crippen molar-refractivity contribution in [1.29, 1.82) is 0 Å². The Morgan fingerprint density at radius 1 is 1.33 bits per heavy atom. The molecule has 0 aliphatic carbocycles. The van der Waals surface area contributed by atoms with Crippen molar-refractivity contribution in [2.75, 3.05) is 0 Å². The Morgan fingerprint density at radius 3 is 2.90 bits per heavy atom. The molecule has 21 heavy (non-hydrogen) atoms. The van der Waals surface area contributed by atoms with E-state index in [-0.39, 0.29) is 6.42 Å². The molecule has 1 N–H and O–H groups in total. The van der Waals surface area contributed by atoms with E-state index in [9.17, 15) is 4.79 Å². The monoisotopic (exact) mass is 319 g/mol. The summed E-state index contributed by atoms with van der Waals surface area (Å²) in [5.74, 6) is 0.914. The van der Waals surface area contributed by atoms with Crippen LogP contribution in [0, 0.1) is 0 Å². The molecular weight excluding hydrogens is 306 g/mol. The third-order valence-electron chi connectivity index (χ3n) is 2.96. The van der Waals surface area contributed by atoms with Gasteiger partial charge in [0.05, 0.1) is 17.0 Å². The van der Waals surface area contributed by atoms with E-state index in [4.69, 9.17) is 9.52 Å². The number of carbonyl (C=O) groups is 1. The van der Waals surface area contributed by atoms with Crippen LogP contribution in [0.5, 0.6) is 0 Å². The maximum Gasteiger partial charge on any atom is 0.308 e. The number of rotatable bonds is 5. The van der Waals surface area contributed by atoms with Gasteiger partial charge in [-0.25, -0.2) is 4.98 Å².